The van der Waals surface area contributed by atoms with Crippen LogP contribution in [0.4, 0.5) is 10.1 Å². The maximum absolute atomic E-state index is 13.2. The second-order valence-corrected chi connectivity index (χ2v) is 4.13. The topological polar surface area (TPSA) is 78.4 Å². The molecule has 88 valence electrons. The molecular weight excluding hydrogens is 283 g/mol. The van der Waals surface area contributed by atoms with E-state index >= 15 is 0 Å². The highest BCUT2D eigenvalue weighted by atomic mass is 79.9. The summed E-state index contributed by atoms with van der Waals surface area (Å²) in [7, 11) is 0. The lowest BCUT2D eigenvalue weighted by atomic mass is 10.3. The molecular formula is C9H10BrFN2O3. The van der Waals surface area contributed by atoms with Crippen LogP contribution in [0.15, 0.2) is 16.6 Å². The normalized spacial score (nSPS) is 12.2. The molecule has 0 spiro atoms. The summed E-state index contributed by atoms with van der Waals surface area (Å²) >= 11 is 2.87. The summed E-state index contributed by atoms with van der Waals surface area (Å²) in [5, 5.41) is 10.7. The van der Waals surface area contributed by atoms with E-state index in [2.05, 4.69) is 15.9 Å². The third-order valence-electron chi connectivity index (χ3n) is 1.70. The van der Waals surface area contributed by atoms with E-state index in [4.69, 9.17) is 10.5 Å². The highest BCUT2D eigenvalue weighted by molar-refractivity contribution is 9.10. The fourth-order valence-corrected chi connectivity index (χ4v) is 1.33. The smallest absolute Gasteiger partial charge is 0.312 e. The van der Waals surface area contributed by atoms with Crippen LogP contribution in [-0.2, 0) is 0 Å². The second kappa shape index (κ2) is 5.22. The number of rotatable bonds is 4. The molecule has 2 N–H and O–H groups in total. The first-order valence-corrected chi connectivity index (χ1v) is 5.23. The van der Waals surface area contributed by atoms with E-state index in [-0.39, 0.29) is 28.6 Å². The Morgan fingerprint density at radius 2 is 2.31 bits per heavy atom. The van der Waals surface area contributed by atoms with Crippen molar-refractivity contribution in [2.45, 2.75) is 13.0 Å². The largest absolute Gasteiger partial charge is 0.485 e. The highest BCUT2D eigenvalue weighted by Gasteiger charge is 2.19. The molecule has 7 heteroatoms. The average molecular weight is 293 g/mol. The molecule has 0 saturated carbocycles. The zero-order valence-corrected chi connectivity index (χ0v) is 10.0. The molecule has 0 radical (unpaired) electrons. The summed E-state index contributed by atoms with van der Waals surface area (Å²) in [6.45, 7) is 1.77. The standard InChI is InChI=1S/C9H10BrFN2O3/c1-5(12)4-16-9-3-7(11)6(10)2-8(9)13(14)15/h2-3,5H,4,12H2,1H3. The lowest BCUT2D eigenvalue weighted by molar-refractivity contribution is -0.386. The Balaban J connectivity index is 3.05. The molecule has 16 heavy (non-hydrogen) atoms. The zero-order valence-electron chi connectivity index (χ0n) is 8.44. The minimum absolute atomic E-state index is 0.0207. The predicted molar refractivity (Wildman–Crippen MR) is 59.9 cm³/mol. The fourth-order valence-electron chi connectivity index (χ4n) is 0.998. The van der Waals surface area contributed by atoms with E-state index in [0.29, 0.717) is 0 Å². The van der Waals surface area contributed by atoms with Gasteiger partial charge in [0.2, 0.25) is 0 Å². The van der Waals surface area contributed by atoms with Crippen LogP contribution in [-0.4, -0.2) is 17.6 Å². The lowest BCUT2D eigenvalue weighted by Gasteiger charge is -2.09. The van der Waals surface area contributed by atoms with E-state index < -0.39 is 10.7 Å². The van der Waals surface area contributed by atoms with Crippen molar-refractivity contribution in [3.05, 3.63) is 32.5 Å². The van der Waals surface area contributed by atoms with Gasteiger partial charge in [0, 0.05) is 18.2 Å². The van der Waals surface area contributed by atoms with Crippen LogP contribution >= 0.6 is 15.9 Å². The monoisotopic (exact) mass is 292 g/mol. The summed E-state index contributed by atoms with van der Waals surface area (Å²) in [4.78, 5) is 10.0. The van der Waals surface area contributed by atoms with Crippen LogP contribution in [0, 0.1) is 15.9 Å². The Hall–Kier alpha value is -1.21. The minimum Gasteiger partial charge on any atom is -0.485 e. The molecule has 1 atom stereocenters. The van der Waals surface area contributed by atoms with Crippen LogP contribution < -0.4 is 10.5 Å². The van der Waals surface area contributed by atoms with Crippen LogP contribution in [0.5, 0.6) is 5.75 Å². The molecule has 1 unspecified atom stereocenters. The third-order valence-corrected chi connectivity index (χ3v) is 2.31. The molecule has 0 fully saturated rings. The predicted octanol–water partition coefficient (Wildman–Crippen LogP) is 2.22. The quantitative estimate of drug-likeness (QED) is 0.682. The minimum atomic E-state index is -0.638. The summed E-state index contributed by atoms with van der Waals surface area (Å²) < 4.78 is 18.3. The van der Waals surface area contributed by atoms with Gasteiger partial charge < -0.3 is 10.5 Å². The van der Waals surface area contributed by atoms with E-state index in [0.717, 1.165) is 12.1 Å². The Morgan fingerprint density at radius 1 is 1.69 bits per heavy atom. The number of nitrogens with two attached hydrogens (primary N) is 1. The third kappa shape index (κ3) is 3.14. The maximum Gasteiger partial charge on any atom is 0.312 e. The van der Waals surface area contributed by atoms with Gasteiger partial charge in [-0.25, -0.2) is 4.39 Å². The first-order valence-electron chi connectivity index (χ1n) is 4.43. The van der Waals surface area contributed by atoms with Crippen LogP contribution in [0.25, 0.3) is 0 Å². The Labute approximate surface area is 99.7 Å². The molecule has 0 aromatic heterocycles. The lowest BCUT2D eigenvalue weighted by Crippen LogP contribution is -2.23. The fraction of sp³-hybridized carbons (Fsp3) is 0.333. The zero-order chi connectivity index (χ0) is 12.3. The van der Waals surface area contributed by atoms with Crippen LogP contribution in [0.3, 0.4) is 0 Å². The molecule has 1 aromatic rings. The highest BCUT2D eigenvalue weighted by Crippen LogP contribution is 2.32. The van der Waals surface area contributed by atoms with E-state index in [1.165, 1.54) is 0 Å². The number of nitrogens with zero attached hydrogens (tertiary/aromatic N) is 1. The van der Waals surface area contributed by atoms with Crippen LogP contribution in [0.2, 0.25) is 0 Å². The number of nitro benzene ring substituents is 1. The van der Waals surface area contributed by atoms with Gasteiger partial charge >= 0.3 is 5.69 Å². The van der Waals surface area contributed by atoms with Crippen molar-refractivity contribution in [1.82, 2.24) is 0 Å². The van der Waals surface area contributed by atoms with Gasteiger partial charge in [-0.15, -0.1) is 0 Å². The Morgan fingerprint density at radius 3 is 2.81 bits per heavy atom. The Kier molecular flexibility index (Phi) is 4.19. The first kappa shape index (κ1) is 12.9. The summed E-state index contributed by atoms with van der Waals surface area (Å²) in [5.74, 6) is -0.742. The number of benzene rings is 1. The van der Waals surface area contributed by atoms with Crippen molar-refractivity contribution in [1.29, 1.82) is 0 Å². The van der Waals surface area contributed by atoms with Crippen molar-refractivity contribution in [3.8, 4) is 5.75 Å². The molecule has 0 aliphatic heterocycles. The van der Waals surface area contributed by atoms with Crippen molar-refractivity contribution < 1.29 is 14.1 Å². The van der Waals surface area contributed by atoms with Gasteiger partial charge in [-0.05, 0) is 22.9 Å². The van der Waals surface area contributed by atoms with Crippen molar-refractivity contribution in [3.63, 3.8) is 0 Å². The van der Waals surface area contributed by atoms with Crippen LogP contribution in [0.1, 0.15) is 6.92 Å². The summed E-state index contributed by atoms with van der Waals surface area (Å²) in [6, 6.07) is 1.74. The molecule has 0 aliphatic rings. The van der Waals surface area contributed by atoms with Crippen molar-refractivity contribution in [2.75, 3.05) is 6.61 Å². The number of halogens is 2. The molecule has 0 bridgehead atoms. The SMILES string of the molecule is CC(N)COc1cc(F)c(Br)cc1[N+](=O)[O-]. The summed E-state index contributed by atoms with van der Waals surface area (Å²) in [6.07, 6.45) is 0. The Bertz CT molecular complexity index is 412. The number of ether oxygens (including phenoxy) is 1. The van der Waals surface area contributed by atoms with E-state index in [9.17, 15) is 14.5 Å². The molecule has 0 amide bonds. The van der Waals surface area contributed by atoms with Crippen molar-refractivity contribution in [2.24, 2.45) is 5.73 Å². The molecule has 0 aliphatic carbocycles. The van der Waals surface area contributed by atoms with Gasteiger partial charge in [-0.1, -0.05) is 0 Å². The number of nitro groups is 1. The van der Waals surface area contributed by atoms with Gasteiger partial charge in [0.15, 0.2) is 5.75 Å². The molecule has 0 heterocycles. The molecule has 5 nitrogen and oxygen atoms in total. The van der Waals surface area contributed by atoms with Gasteiger partial charge in [-0.3, -0.25) is 10.1 Å². The van der Waals surface area contributed by atoms with Gasteiger partial charge in [0.05, 0.1) is 9.40 Å². The van der Waals surface area contributed by atoms with E-state index in [1.807, 2.05) is 0 Å². The molecule has 1 rings (SSSR count). The molecule has 1 aromatic carbocycles. The van der Waals surface area contributed by atoms with Gasteiger partial charge in [0.1, 0.15) is 12.4 Å². The second-order valence-electron chi connectivity index (χ2n) is 3.28. The average Bonchev–Trinajstić information content (AvgIpc) is 2.18. The maximum atomic E-state index is 13.2. The number of hydrogen-bond acceptors (Lipinski definition) is 4. The van der Waals surface area contributed by atoms with E-state index in [1.54, 1.807) is 6.92 Å². The first-order chi connectivity index (χ1) is 7.41. The van der Waals surface area contributed by atoms with Crippen molar-refractivity contribution >= 4 is 21.6 Å². The molecule has 0 saturated heterocycles. The summed E-state index contributed by atoms with van der Waals surface area (Å²) in [5.41, 5.74) is 5.14. The van der Waals surface area contributed by atoms with Gasteiger partial charge in [-0.2, -0.15) is 0 Å². The number of hydrogen-bond donors (Lipinski definition) is 1. The van der Waals surface area contributed by atoms with Gasteiger partial charge in [0.25, 0.3) is 0 Å².